The Labute approximate surface area is 168 Å². The molecule has 0 saturated carbocycles. The van der Waals surface area contributed by atoms with Gasteiger partial charge in [0.1, 0.15) is 23.5 Å². The van der Waals surface area contributed by atoms with Crippen molar-refractivity contribution in [3.05, 3.63) is 41.7 Å². The van der Waals surface area contributed by atoms with E-state index < -0.39 is 11.7 Å². The molecule has 2 N–H and O–H groups in total. The quantitative estimate of drug-likeness (QED) is 0.608. The second-order valence-electron chi connectivity index (χ2n) is 7.58. The van der Waals surface area contributed by atoms with E-state index in [-0.39, 0.29) is 6.61 Å². The van der Waals surface area contributed by atoms with Crippen molar-refractivity contribution in [1.29, 1.82) is 0 Å². The number of aromatic nitrogens is 2. The van der Waals surface area contributed by atoms with Crippen LogP contribution in [0.1, 0.15) is 32.9 Å². The number of amides is 1. The van der Waals surface area contributed by atoms with Crippen molar-refractivity contribution in [2.24, 2.45) is 11.7 Å². The van der Waals surface area contributed by atoms with Crippen LogP contribution >= 0.6 is 11.3 Å². The van der Waals surface area contributed by atoms with Gasteiger partial charge in [0, 0.05) is 17.5 Å². The van der Waals surface area contributed by atoms with Crippen molar-refractivity contribution in [3.63, 3.8) is 0 Å². The minimum Gasteiger partial charge on any atom is -0.487 e. The van der Waals surface area contributed by atoms with Crippen LogP contribution in [-0.2, 0) is 4.74 Å². The smallest absolute Gasteiger partial charge is 0.405 e. The predicted molar refractivity (Wildman–Crippen MR) is 112 cm³/mol. The lowest BCUT2D eigenvalue weighted by atomic mass is 9.95. The van der Waals surface area contributed by atoms with Crippen LogP contribution in [0, 0.1) is 12.8 Å². The fraction of sp³-hybridized carbons (Fsp3) is 0.381. The number of hydrogen-bond donors (Lipinski definition) is 1. The van der Waals surface area contributed by atoms with E-state index in [1.54, 1.807) is 17.5 Å². The number of pyridine rings is 1. The third kappa shape index (κ3) is 4.59. The normalized spacial score (nSPS) is 13.5. The highest BCUT2D eigenvalue weighted by atomic mass is 32.1. The van der Waals surface area contributed by atoms with Gasteiger partial charge < -0.3 is 15.2 Å². The van der Waals surface area contributed by atoms with Gasteiger partial charge in [-0.3, -0.25) is 4.98 Å². The van der Waals surface area contributed by atoms with Gasteiger partial charge in [0.15, 0.2) is 0 Å². The number of carbonyl (C=O) groups excluding carboxylic acids is 1. The van der Waals surface area contributed by atoms with Gasteiger partial charge in [0.2, 0.25) is 0 Å². The van der Waals surface area contributed by atoms with Crippen LogP contribution < -0.4 is 10.5 Å². The van der Waals surface area contributed by atoms with Crippen LogP contribution in [0.25, 0.3) is 21.3 Å². The summed E-state index contributed by atoms with van der Waals surface area (Å²) in [4.78, 5) is 20.1. The van der Waals surface area contributed by atoms with Gasteiger partial charge in [0.25, 0.3) is 0 Å². The van der Waals surface area contributed by atoms with Crippen molar-refractivity contribution in [1.82, 2.24) is 9.97 Å². The topological polar surface area (TPSA) is 87.3 Å². The summed E-state index contributed by atoms with van der Waals surface area (Å²) in [7, 11) is 0. The molecule has 0 saturated heterocycles. The van der Waals surface area contributed by atoms with E-state index in [1.165, 1.54) is 0 Å². The summed E-state index contributed by atoms with van der Waals surface area (Å²) in [6.45, 7) is 8.14. The Morgan fingerprint density at radius 3 is 2.75 bits per heavy atom. The van der Waals surface area contributed by atoms with E-state index in [0.717, 1.165) is 27.0 Å². The van der Waals surface area contributed by atoms with E-state index in [9.17, 15) is 4.79 Å². The molecule has 2 aromatic heterocycles. The molecule has 148 valence electrons. The summed E-state index contributed by atoms with van der Waals surface area (Å²) in [6.07, 6.45) is 1.65. The summed E-state index contributed by atoms with van der Waals surface area (Å²) in [6, 6.07) is 7.98. The monoisotopic (exact) mass is 399 g/mol. The number of benzene rings is 1. The zero-order chi connectivity index (χ0) is 20.3. The number of fused-ring (bicyclic) bond motifs is 1. The van der Waals surface area contributed by atoms with Crippen molar-refractivity contribution in [3.8, 4) is 16.9 Å². The summed E-state index contributed by atoms with van der Waals surface area (Å²) in [5, 5.41) is 0. The van der Waals surface area contributed by atoms with Crippen molar-refractivity contribution < 1.29 is 14.3 Å². The number of hydrogen-bond acceptors (Lipinski definition) is 6. The second kappa shape index (κ2) is 8.14. The Balaban J connectivity index is 1.89. The van der Waals surface area contributed by atoms with Crippen LogP contribution in [0.3, 0.4) is 0 Å². The Kier molecular flexibility index (Phi) is 5.84. The zero-order valence-electron chi connectivity index (χ0n) is 16.6. The minimum atomic E-state index is -0.802. The molecule has 0 aliphatic rings. The summed E-state index contributed by atoms with van der Waals surface area (Å²) in [5.41, 5.74) is 10.2. The average molecular weight is 400 g/mol. The first kappa shape index (κ1) is 20.1. The van der Waals surface area contributed by atoms with Gasteiger partial charge in [-0.15, -0.1) is 11.3 Å². The molecule has 0 aliphatic heterocycles. The molecule has 1 atom stereocenters. The first-order valence-corrected chi connectivity index (χ1v) is 10.1. The maximum absolute atomic E-state index is 11.3. The Morgan fingerprint density at radius 2 is 2.07 bits per heavy atom. The zero-order valence-corrected chi connectivity index (χ0v) is 17.4. The molecule has 2 heterocycles. The predicted octanol–water partition coefficient (Wildman–Crippen LogP) is 4.95. The van der Waals surface area contributed by atoms with Gasteiger partial charge in [-0.05, 0) is 56.0 Å². The highest BCUT2D eigenvalue weighted by Crippen LogP contribution is 2.37. The number of ether oxygens (including phenoxy) is 2. The highest BCUT2D eigenvalue weighted by molar-refractivity contribution is 7.17. The average Bonchev–Trinajstić information content (AvgIpc) is 3.08. The maximum atomic E-state index is 11.3. The number of nitrogens with two attached hydrogens (primary N) is 1. The van der Waals surface area contributed by atoms with E-state index in [2.05, 4.69) is 29.9 Å². The maximum Gasteiger partial charge on any atom is 0.405 e. The second-order valence-corrected chi connectivity index (χ2v) is 8.44. The Bertz CT molecular complexity index is 986. The first-order valence-electron chi connectivity index (χ1n) is 9.18. The van der Waals surface area contributed by atoms with Gasteiger partial charge in [-0.2, -0.15) is 0 Å². The molecule has 7 heteroatoms. The minimum absolute atomic E-state index is 0.203. The fourth-order valence-corrected chi connectivity index (χ4v) is 4.29. The van der Waals surface area contributed by atoms with Crippen LogP contribution in [-0.4, -0.2) is 28.3 Å². The van der Waals surface area contributed by atoms with Gasteiger partial charge in [-0.25, -0.2) is 9.78 Å². The van der Waals surface area contributed by atoms with Crippen LogP contribution in [0.2, 0.25) is 0 Å². The highest BCUT2D eigenvalue weighted by Gasteiger charge is 2.31. The molecule has 0 radical (unpaired) electrons. The standard InChI is InChI=1S/C21H25N3O3S/c1-13(2)10-21(4,27-20(22)25)11-26-17-6-5-16(19-18(17)24-12-28-19)15-7-8-23-14(3)9-15/h5-9,12-13H,10-11H2,1-4H3,(H2,22,25). The Hall–Kier alpha value is -2.67. The van der Waals surface area contributed by atoms with Crippen LogP contribution in [0.15, 0.2) is 36.0 Å². The summed E-state index contributed by atoms with van der Waals surface area (Å²) in [5.74, 6) is 0.985. The number of rotatable bonds is 7. The van der Waals surface area contributed by atoms with Gasteiger partial charge in [0.05, 0.1) is 10.2 Å². The number of nitrogens with zero attached hydrogens (tertiary/aromatic N) is 2. The number of aryl methyl sites for hydroxylation is 1. The summed E-state index contributed by atoms with van der Waals surface area (Å²) < 4.78 is 12.5. The van der Waals surface area contributed by atoms with E-state index >= 15 is 0 Å². The number of primary amides is 1. The van der Waals surface area contributed by atoms with E-state index in [1.807, 2.05) is 37.6 Å². The van der Waals surface area contributed by atoms with Crippen LogP contribution in [0.4, 0.5) is 4.79 Å². The molecule has 3 aromatic rings. The molecule has 0 bridgehead atoms. The largest absolute Gasteiger partial charge is 0.487 e. The SMILES string of the molecule is Cc1cc(-c2ccc(OCC(C)(CC(C)C)OC(N)=O)c3ncsc23)ccn1. The lowest BCUT2D eigenvalue weighted by Crippen LogP contribution is -2.41. The van der Waals surface area contributed by atoms with E-state index in [0.29, 0.717) is 18.1 Å². The summed E-state index contributed by atoms with van der Waals surface area (Å²) >= 11 is 1.57. The van der Waals surface area contributed by atoms with Gasteiger partial charge >= 0.3 is 6.09 Å². The molecule has 1 amide bonds. The molecule has 0 aliphatic carbocycles. The molecular formula is C21H25N3O3S. The number of thiazole rings is 1. The fourth-order valence-electron chi connectivity index (χ4n) is 3.45. The van der Waals surface area contributed by atoms with E-state index in [4.69, 9.17) is 15.2 Å². The molecule has 1 aromatic carbocycles. The third-order valence-electron chi connectivity index (χ3n) is 4.37. The molecule has 1 unspecified atom stereocenters. The van der Waals surface area contributed by atoms with Crippen LogP contribution in [0.5, 0.6) is 5.75 Å². The van der Waals surface area contributed by atoms with Crippen molar-refractivity contribution in [2.75, 3.05) is 6.61 Å². The lowest BCUT2D eigenvalue weighted by molar-refractivity contribution is -0.0183. The molecule has 0 fully saturated rings. The van der Waals surface area contributed by atoms with Crippen molar-refractivity contribution in [2.45, 2.75) is 39.7 Å². The Morgan fingerprint density at radius 1 is 1.29 bits per heavy atom. The van der Waals surface area contributed by atoms with Crippen molar-refractivity contribution >= 4 is 27.6 Å². The molecule has 3 rings (SSSR count). The molecule has 28 heavy (non-hydrogen) atoms. The first-order chi connectivity index (χ1) is 13.3. The molecule has 6 nitrogen and oxygen atoms in total. The molecule has 0 spiro atoms. The molecular weight excluding hydrogens is 374 g/mol. The lowest BCUT2D eigenvalue weighted by Gasteiger charge is -2.30. The third-order valence-corrected chi connectivity index (χ3v) is 5.23. The number of carbonyl (C=O) groups is 1. The van der Waals surface area contributed by atoms with Gasteiger partial charge in [-0.1, -0.05) is 13.8 Å².